The van der Waals surface area contributed by atoms with Crippen LogP contribution in [-0.2, 0) is 0 Å². The summed E-state index contributed by atoms with van der Waals surface area (Å²) < 4.78 is 0. The Labute approximate surface area is 74.0 Å². The highest BCUT2D eigenvalue weighted by atomic mass is 14.8. The second-order valence-corrected chi connectivity index (χ2v) is 3.16. The van der Waals surface area contributed by atoms with Gasteiger partial charge in [-0.2, -0.15) is 0 Å². The van der Waals surface area contributed by atoms with Gasteiger partial charge in [0.1, 0.15) is 0 Å². The van der Waals surface area contributed by atoms with Gasteiger partial charge in [0, 0.05) is 24.4 Å². The number of aryl methyl sites for hydroxylation is 1. The lowest BCUT2D eigenvalue weighted by Crippen LogP contribution is -2.16. The van der Waals surface area contributed by atoms with E-state index in [1.807, 2.05) is 19.3 Å². The number of hydrogen-bond acceptors (Lipinski definition) is 2. The lowest BCUT2D eigenvalue weighted by Gasteiger charge is -2.11. The second-order valence-electron chi connectivity index (χ2n) is 3.16. The molecule has 0 aliphatic rings. The highest BCUT2D eigenvalue weighted by Gasteiger charge is 2.07. The minimum Gasteiger partial charge on any atom is -0.319 e. The molecule has 2 heteroatoms. The molecular formula is C10H16N2. The van der Waals surface area contributed by atoms with Crippen molar-refractivity contribution in [3.63, 3.8) is 0 Å². The number of aromatic nitrogens is 1. The number of hydrogen-bond donors (Lipinski definition) is 1. The third kappa shape index (κ3) is 2.05. The molecule has 2 nitrogen and oxygen atoms in total. The van der Waals surface area contributed by atoms with Crippen molar-refractivity contribution >= 4 is 0 Å². The van der Waals surface area contributed by atoms with Crippen molar-refractivity contribution in [2.45, 2.75) is 19.8 Å². The van der Waals surface area contributed by atoms with E-state index in [4.69, 9.17) is 0 Å². The van der Waals surface area contributed by atoms with Gasteiger partial charge < -0.3 is 5.32 Å². The maximum Gasteiger partial charge on any atom is 0.0473 e. The van der Waals surface area contributed by atoms with Gasteiger partial charge in [-0.3, -0.25) is 4.98 Å². The van der Waals surface area contributed by atoms with E-state index < -0.39 is 0 Å². The Morgan fingerprint density at radius 2 is 2.33 bits per heavy atom. The minimum absolute atomic E-state index is 0.496. The molecule has 0 radical (unpaired) electrons. The molecule has 1 heterocycles. The van der Waals surface area contributed by atoms with Crippen LogP contribution in [0.5, 0.6) is 0 Å². The van der Waals surface area contributed by atoms with Gasteiger partial charge in [0.25, 0.3) is 0 Å². The highest BCUT2D eigenvalue weighted by molar-refractivity contribution is 5.21. The van der Waals surface area contributed by atoms with Gasteiger partial charge in [-0.15, -0.1) is 0 Å². The molecule has 0 spiro atoms. The first-order chi connectivity index (χ1) is 5.75. The summed E-state index contributed by atoms with van der Waals surface area (Å²) in [6.07, 6.45) is 1.86. The molecule has 66 valence electrons. The monoisotopic (exact) mass is 164 g/mol. The summed E-state index contributed by atoms with van der Waals surface area (Å²) in [6.45, 7) is 5.28. The zero-order valence-corrected chi connectivity index (χ0v) is 7.96. The molecule has 1 aromatic rings. The smallest absolute Gasteiger partial charge is 0.0473 e. The third-order valence-corrected chi connectivity index (χ3v) is 2.03. The fraction of sp³-hybridized carbons (Fsp3) is 0.500. The molecule has 1 rings (SSSR count). The fourth-order valence-electron chi connectivity index (χ4n) is 1.42. The molecular weight excluding hydrogens is 148 g/mol. The Morgan fingerprint density at radius 1 is 1.58 bits per heavy atom. The maximum absolute atomic E-state index is 4.36. The van der Waals surface area contributed by atoms with Gasteiger partial charge in [-0.25, -0.2) is 0 Å². The van der Waals surface area contributed by atoms with E-state index in [2.05, 4.69) is 30.2 Å². The molecule has 0 amide bonds. The van der Waals surface area contributed by atoms with Crippen LogP contribution in [0, 0.1) is 6.92 Å². The van der Waals surface area contributed by atoms with Gasteiger partial charge in [-0.1, -0.05) is 13.0 Å². The molecule has 1 N–H and O–H groups in total. The molecule has 0 aromatic carbocycles. The Hall–Kier alpha value is -0.890. The zero-order valence-electron chi connectivity index (χ0n) is 7.96. The number of nitrogens with zero attached hydrogens (tertiary/aromatic N) is 1. The van der Waals surface area contributed by atoms with Crippen molar-refractivity contribution in [1.82, 2.24) is 10.3 Å². The van der Waals surface area contributed by atoms with Crippen molar-refractivity contribution in [3.05, 3.63) is 29.6 Å². The van der Waals surface area contributed by atoms with E-state index in [1.165, 1.54) is 11.3 Å². The molecule has 0 aliphatic carbocycles. The predicted octanol–water partition coefficient (Wildman–Crippen LogP) is 1.71. The lowest BCUT2D eigenvalue weighted by molar-refractivity contribution is 0.657. The molecule has 0 bridgehead atoms. The van der Waals surface area contributed by atoms with Crippen LogP contribution in [0.25, 0.3) is 0 Å². The van der Waals surface area contributed by atoms with Crippen molar-refractivity contribution in [2.75, 3.05) is 13.6 Å². The normalized spacial score (nSPS) is 12.9. The van der Waals surface area contributed by atoms with Crippen LogP contribution in [0.1, 0.15) is 24.1 Å². The zero-order chi connectivity index (χ0) is 8.97. The maximum atomic E-state index is 4.36. The molecule has 1 atom stereocenters. The van der Waals surface area contributed by atoms with Gasteiger partial charge in [-0.05, 0) is 25.6 Å². The van der Waals surface area contributed by atoms with E-state index in [-0.39, 0.29) is 0 Å². The van der Waals surface area contributed by atoms with E-state index in [0.29, 0.717) is 5.92 Å². The van der Waals surface area contributed by atoms with Crippen molar-refractivity contribution in [2.24, 2.45) is 0 Å². The molecule has 0 aliphatic heterocycles. The Bertz CT molecular complexity index is 245. The van der Waals surface area contributed by atoms with Gasteiger partial charge in [0.05, 0.1) is 0 Å². The summed E-state index contributed by atoms with van der Waals surface area (Å²) in [4.78, 5) is 4.36. The first-order valence-electron chi connectivity index (χ1n) is 4.31. The summed E-state index contributed by atoms with van der Waals surface area (Å²) in [6, 6.07) is 4.08. The summed E-state index contributed by atoms with van der Waals surface area (Å²) >= 11 is 0. The van der Waals surface area contributed by atoms with Crippen LogP contribution >= 0.6 is 0 Å². The number of likely N-dealkylation sites (N-methyl/N-ethyl adjacent to an activating group) is 1. The summed E-state index contributed by atoms with van der Waals surface area (Å²) in [5, 5.41) is 3.15. The average molecular weight is 164 g/mol. The molecule has 0 fully saturated rings. The SMILES string of the molecule is CNCC(C)c1ncccc1C. The fourth-order valence-corrected chi connectivity index (χ4v) is 1.42. The van der Waals surface area contributed by atoms with E-state index in [1.54, 1.807) is 0 Å². The first-order valence-corrected chi connectivity index (χ1v) is 4.31. The van der Waals surface area contributed by atoms with Crippen LogP contribution in [0.4, 0.5) is 0 Å². The Morgan fingerprint density at radius 3 is 2.92 bits per heavy atom. The van der Waals surface area contributed by atoms with E-state index >= 15 is 0 Å². The number of pyridine rings is 1. The van der Waals surface area contributed by atoms with Gasteiger partial charge >= 0.3 is 0 Å². The first kappa shape index (κ1) is 9.20. The van der Waals surface area contributed by atoms with Crippen LogP contribution < -0.4 is 5.32 Å². The summed E-state index contributed by atoms with van der Waals surface area (Å²) in [7, 11) is 1.97. The van der Waals surface area contributed by atoms with Crippen LogP contribution in [0.15, 0.2) is 18.3 Å². The summed E-state index contributed by atoms with van der Waals surface area (Å²) in [5.41, 5.74) is 2.48. The quantitative estimate of drug-likeness (QED) is 0.735. The molecule has 1 unspecified atom stereocenters. The molecule has 1 aromatic heterocycles. The predicted molar refractivity (Wildman–Crippen MR) is 51.3 cm³/mol. The number of rotatable bonds is 3. The van der Waals surface area contributed by atoms with Crippen molar-refractivity contribution in [3.8, 4) is 0 Å². The average Bonchev–Trinajstić information content (AvgIpc) is 2.05. The van der Waals surface area contributed by atoms with E-state index in [9.17, 15) is 0 Å². The molecule has 0 saturated carbocycles. The van der Waals surface area contributed by atoms with Crippen molar-refractivity contribution < 1.29 is 0 Å². The highest BCUT2D eigenvalue weighted by Crippen LogP contribution is 2.14. The topological polar surface area (TPSA) is 24.9 Å². The van der Waals surface area contributed by atoms with E-state index in [0.717, 1.165) is 6.54 Å². The third-order valence-electron chi connectivity index (χ3n) is 2.03. The number of nitrogens with one attached hydrogen (secondary N) is 1. The lowest BCUT2D eigenvalue weighted by atomic mass is 10.0. The van der Waals surface area contributed by atoms with Crippen molar-refractivity contribution in [1.29, 1.82) is 0 Å². The standard InChI is InChI=1S/C10H16N2/c1-8-5-4-6-12-10(8)9(2)7-11-3/h4-6,9,11H,7H2,1-3H3. The largest absolute Gasteiger partial charge is 0.319 e. The van der Waals surface area contributed by atoms with Crippen LogP contribution in [-0.4, -0.2) is 18.6 Å². The van der Waals surface area contributed by atoms with Gasteiger partial charge in [0.2, 0.25) is 0 Å². The summed E-state index contributed by atoms with van der Waals surface area (Å²) in [5.74, 6) is 0.496. The van der Waals surface area contributed by atoms with Crippen LogP contribution in [0.3, 0.4) is 0 Å². The Kier molecular flexibility index (Phi) is 3.23. The molecule has 0 saturated heterocycles. The second kappa shape index (κ2) is 4.21. The Balaban J connectivity index is 2.79. The minimum atomic E-state index is 0.496. The van der Waals surface area contributed by atoms with Gasteiger partial charge in [0.15, 0.2) is 0 Å². The molecule has 12 heavy (non-hydrogen) atoms. The van der Waals surface area contributed by atoms with Crippen LogP contribution in [0.2, 0.25) is 0 Å².